The Hall–Kier alpha value is -2.08. The summed E-state index contributed by atoms with van der Waals surface area (Å²) in [4.78, 5) is 30.6. The van der Waals surface area contributed by atoms with Gasteiger partial charge >= 0.3 is 0 Å². The van der Waals surface area contributed by atoms with E-state index in [4.69, 9.17) is 0 Å². The van der Waals surface area contributed by atoms with E-state index in [2.05, 4.69) is 22.2 Å². The lowest BCUT2D eigenvalue weighted by atomic mass is 10.1. The minimum absolute atomic E-state index is 0.128. The lowest BCUT2D eigenvalue weighted by molar-refractivity contribution is -0.113. The van der Waals surface area contributed by atoms with Crippen molar-refractivity contribution in [2.75, 3.05) is 11.1 Å². The Bertz CT molecular complexity index is 723. The molecule has 0 aliphatic rings. The molecular formula is C17H21N3O2S. The van der Waals surface area contributed by atoms with Gasteiger partial charge in [-0.15, -0.1) is 0 Å². The van der Waals surface area contributed by atoms with E-state index in [1.807, 2.05) is 38.1 Å². The minimum Gasteiger partial charge on any atom is -0.325 e. The highest BCUT2D eigenvalue weighted by Crippen LogP contribution is 2.16. The van der Waals surface area contributed by atoms with Gasteiger partial charge in [-0.3, -0.25) is 9.59 Å². The van der Waals surface area contributed by atoms with Gasteiger partial charge in [-0.2, -0.15) is 0 Å². The summed E-state index contributed by atoms with van der Waals surface area (Å²) in [7, 11) is 0. The lowest BCUT2D eigenvalue weighted by Crippen LogP contribution is -2.16. The molecule has 0 spiro atoms. The van der Waals surface area contributed by atoms with Crippen molar-refractivity contribution < 1.29 is 4.79 Å². The van der Waals surface area contributed by atoms with E-state index in [0.29, 0.717) is 5.16 Å². The van der Waals surface area contributed by atoms with Gasteiger partial charge in [0.2, 0.25) is 5.91 Å². The summed E-state index contributed by atoms with van der Waals surface area (Å²) in [6, 6.07) is 9.26. The fraction of sp³-hybridized carbons (Fsp3) is 0.353. The molecule has 1 heterocycles. The summed E-state index contributed by atoms with van der Waals surface area (Å²) >= 11 is 1.22. The van der Waals surface area contributed by atoms with Crippen LogP contribution in [-0.4, -0.2) is 21.6 Å². The van der Waals surface area contributed by atoms with Crippen molar-refractivity contribution in [1.29, 1.82) is 0 Å². The van der Waals surface area contributed by atoms with Gasteiger partial charge < -0.3 is 10.3 Å². The minimum atomic E-state index is -0.193. The van der Waals surface area contributed by atoms with E-state index in [1.165, 1.54) is 23.4 Å². The number of aromatic nitrogens is 2. The van der Waals surface area contributed by atoms with E-state index in [-0.39, 0.29) is 23.1 Å². The molecule has 122 valence electrons. The van der Waals surface area contributed by atoms with Gasteiger partial charge in [0.1, 0.15) is 0 Å². The molecule has 1 amide bonds. The maximum Gasteiger partial charge on any atom is 0.251 e. The zero-order valence-electron chi connectivity index (χ0n) is 13.6. The maximum atomic E-state index is 12.0. The van der Waals surface area contributed by atoms with Gasteiger partial charge in [-0.1, -0.05) is 44.7 Å². The quantitative estimate of drug-likeness (QED) is 0.630. The number of thioether (sulfide) groups is 1. The smallest absolute Gasteiger partial charge is 0.251 e. The number of anilines is 1. The Kier molecular flexibility index (Phi) is 5.98. The molecule has 5 nitrogen and oxygen atoms in total. The van der Waals surface area contributed by atoms with Crippen molar-refractivity contribution >= 4 is 23.4 Å². The van der Waals surface area contributed by atoms with Crippen LogP contribution in [-0.2, 0) is 11.2 Å². The number of nitrogens with zero attached hydrogens (tertiary/aromatic N) is 1. The van der Waals surface area contributed by atoms with Crippen molar-refractivity contribution in [3.63, 3.8) is 0 Å². The fourth-order valence-electron chi connectivity index (χ4n) is 1.97. The molecule has 0 unspecified atom stereocenters. The van der Waals surface area contributed by atoms with Crippen LogP contribution in [0.2, 0.25) is 0 Å². The number of aromatic amines is 1. The summed E-state index contributed by atoms with van der Waals surface area (Å²) in [6.07, 6.45) is 0.968. The first-order chi connectivity index (χ1) is 11.0. The van der Waals surface area contributed by atoms with E-state index in [9.17, 15) is 9.59 Å². The fourth-order valence-corrected chi connectivity index (χ4v) is 2.65. The molecule has 0 aliphatic heterocycles. The molecule has 0 saturated heterocycles. The third-order valence-electron chi connectivity index (χ3n) is 3.32. The van der Waals surface area contributed by atoms with E-state index < -0.39 is 0 Å². The predicted octanol–water partition coefficient (Wildman–Crippen LogP) is 3.19. The lowest BCUT2D eigenvalue weighted by Gasteiger charge is -2.07. The SMILES string of the molecule is CCc1ccc(NC(=O)CSc2nc(C(C)C)cc(=O)[nH]2)cc1. The second-order valence-corrected chi connectivity index (χ2v) is 6.48. The van der Waals surface area contributed by atoms with Gasteiger partial charge in [0.25, 0.3) is 5.56 Å². The monoisotopic (exact) mass is 331 g/mol. The van der Waals surface area contributed by atoms with Crippen molar-refractivity contribution in [2.45, 2.75) is 38.3 Å². The first-order valence-electron chi connectivity index (χ1n) is 7.60. The number of aryl methyl sites for hydroxylation is 1. The second-order valence-electron chi connectivity index (χ2n) is 5.52. The molecule has 0 radical (unpaired) electrons. The second kappa shape index (κ2) is 7.97. The number of nitrogens with one attached hydrogen (secondary N) is 2. The largest absolute Gasteiger partial charge is 0.325 e. The number of carbonyl (C=O) groups excluding carboxylic acids is 1. The molecule has 2 aromatic rings. The number of benzene rings is 1. The maximum absolute atomic E-state index is 12.0. The summed E-state index contributed by atoms with van der Waals surface area (Å²) in [6.45, 7) is 6.04. The van der Waals surface area contributed by atoms with Crippen LogP contribution in [0.15, 0.2) is 40.3 Å². The third kappa shape index (κ3) is 5.25. The molecule has 1 aromatic heterocycles. The Morgan fingerprint density at radius 1 is 1.30 bits per heavy atom. The van der Waals surface area contributed by atoms with Crippen LogP contribution in [0.25, 0.3) is 0 Å². The summed E-state index contributed by atoms with van der Waals surface area (Å²) in [5.74, 6) is 0.236. The molecule has 23 heavy (non-hydrogen) atoms. The highest BCUT2D eigenvalue weighted by molar-refractivity contribution is 7.99. The zero-order valence-corrected chi connectivity index (χ0v) is 14.4. The summed E-state index contributed by atoms with van der Waals surface area (Å²) < 4.78 is 0. The topological polar surface area (TPSA) is 74.8 Å². The van der Waals surface area contributed by atoms with Gasteiger partial charge in [0, 0.05) is 11.8 Å². The van der Waals surface area contributed by atoms with Crippen LogP contribution < -0.4 is 10.9 Å². The van der Waals surface area contributed by atoms with E-state index >= 15 is 0 Å². The Morgan fingerprint density at radius 2 is 2.00 bits per heavy atom. The van der Waals surface area contributed by atoms with Crippen molar-refractivity contribution in [3.05, 3.63) is 51.9 Å². The Balaban J connectivity index is 1.94. The normalized spacial score (nSPS) is 10.8. The molecular weight excluding hydrogens is 310 g/mol. The van der Waals surface area contributed by atoms with Crippen LogP contribution in [0.3, 0.4) is 0 Å². The van der Waals surface area contributed by atoms with Crippen molar-refractivity contribution in [2.24, 2.45) is 0 Å². The first-order valence-corrected chi connectivity index (χ1v) is 8.59. The van der Waals surface area contributed by atoms with Crippen molar-refractivity contribution in [3.8, 4) is 0 Å². The molecule has 2 N–H and O–H groups in total. The number of hydrogen-bond acceptors (Lipinski definition) is 4. The van der Waals surface area contributed by atoms with Gasteiger partial charge in [-0.25, -0.2) is 4.98 Å². The average Bonchev–Trinajstić information content (AvgIpc) is 2.53. The first kappa shape index (κ1) is 17.3. The van der Waals surface area contributed by atoms with Gasteiger partial charge in [0.15, 0.2) is 5.16 Å². The van der Waals surface area contributed by atoms with E-state index in [1.54, 1.807) is 0 Å². The number of amides is 1. The molecule has 6 heteroatoms. The Morgan fingerprint density at radius 3 is 2.61 bits per heavy atom. The molecule has 0 bridgehead atoms. The van der Waals surface area contributed by atoms with Crippen LogP contribution in [0.4, 0.5) is 5.69 Å². The Labute approximate surface area is 139 Å². The molecule has 1 aromatic carbocycles. The number of carbonyl (C=O) groups is 1. The summed E-state index contributed by atoms with van der Waals surface area (Å²) in [5.41, 5.74) is 2.53. The van der Waals surface area contributed by atoms with Crippen LogP contribution in [0.1, 0.15) is 37.9 Å². The predicted molar refractivity (Wildman–Crippen MR) is 94.1 cm³/mol. The van der Waals surface area contributed by atoms with Crippen LogP contribution in [0.5, 0.6) is 0 Å². The highest BCUT2D eigenvalue weighted by atomic mass is 32.2. The molecule has 0 aliphatic carbocycles. The number of hydrogen-bond donors (Lipinski definition) is 2. The zero-order chi connectivity index (χ0) is 16.8. The van der Waals surface area contributed by atoms with Crippen LogP contribution >= 0.6 is 11.8 Å². The highest BCUT2D eigenvalue weighted by Gasteiger charge is 2.08. The van der Waals surface area contributed by atoms with Crippen LogP contribution in [0, 0.1) is 0 Å². The molecule has 2 rings (SSSR count). The average molecular weight is 331 g/mol. The third-order valence-corrected chi connectivity index (χ3v) is 4.19. The number of H-pyrrole nitrogens is 1. The van der Waals surface area contributed by atoms with Gasteiger partial charge in [0.05, 0.1) is 11.4 Å². The van der Waals surface area contributed by atoms with E-state index in [0.717, 1.165) is 17.8 Å². The summed E-state index contributed by atoms with van der Waals surface area (Å²) in [5, 5.41) is 3.31. The van der Waals surface area contributed by atoms with Gasteiger partial charge in [-0.05, 0) is 30.0 Å². The molecule has 0 saturated carbocycles. The molecule has 0 atom stereocenters. The standard InChI is InChI=1S/C17H21N3O2S/c1-4-12-5-7-13(8-6-12)18-16(22)10-23-17-19-14(11(2)3)9-15(21)20-17/h5-9,11H,4,10H2,1-3H3,(H,18,22)(H,19,20,21). The molecule has 0 fully saturated rings. The number of rotatable bonds is 6. The van der Waals surface area contributed by atoms with Crippen molar-refractivity contribution in [1.82, 2.24) is 9.97 Å².